The number of aromatic nitrogens is 4. The van der Waals surface area contributed by atoms with Crippen LogP contribution in [0.5, 0.6) is 0 Å². The molecule has 2 aromatic heterocycles. The second-order valence-corrected chi connectivity index (χ2v) is 9.26. The first-order valence-corrected chi connectivity index (χ1v) is 11.7. The van der Waals surface area contributed by atoms with E-state index in [0.29, 0.717) is 25.2 Å². The van der Waals surface area contributed by atoms with E-state index in [9.17, 15) is 4.79 Å². The normalized spacial score (nSPS) is 23.4. The third-order valence-electron chi connectivity index (χ3n) is 6.74. The van der Waals surface area contributed by atoms with E-state index >= 15 is 0 Å². The molecule has 0 radical (unpaired) electrons. The fraction of sp³-hybridized carbons (Fsp3) is 0.480. The molecule has 32 heavy (non-hydrogen) atoms. The summed E-state index contributed by atoms with van der Waals surface area (Å²) in [4.78, 5) is 22.8. The highest BCUT2D eigenvalue weighted by Gasteiger charge is 2.25. The topological polar surface area (TPSA) is 74.0 Å². The molecule has 1 aliphatic heterocycles. The van der Waals surface area contributed by atoms with E-state index in [4.69, 9.17) is 9.72 Å². The second kappa shape index (κ2) is 8.90. The van der Waals surface area contributed by atoms with Crippen molar-refractivity contribution >= 4 is 5.95 Å². The third kappa shape index (κ3) is 4.21. The molecule has 2 fully saturated rings. The van der Waals surface area contributed by atoms with E-state index in [1.54, 1.807) is 10.8 Å². The van der Waals surface area contributed by atoms with Crippen molar-refractivity contribution in [2.24, 2.45) is 5.92 Å². The maximum Gasteiger partial charge on any atom is 0.333 e. The molecule has 3 heterocycles. The molecule has 0 spiro atoms. The molecule has 1 saturated heterocycles. The van der Waals surface area contributed by atoms with Gasteiger partial charge in [-0.1, -0.05) is 19.1 Å². The molecular formula is C25H31N5O2. The van der Waals surface area contributed by atoms with Crippen molar-refractivity contribution in [2.75, 3.05) is 18.5 Å². The minimum absolute atomic E-state index is 0.0518. The number of hydrogen-bond donors (Lipinski definition) is 1. The number of nitrogens with one attached hydrogen (secondary N) is 1. The summed E-state index contributed by atoms with van der Waals surface area (Å²) in [5.74, 6) is 1.42. The Balaban J connectivity index is 1.54. The standard InChI is InChI=1S/C25H31N5O2/c1-17-6-8-19(9-7-17)27-24-26-12-10-22(28-24)23-15-29(21-11-13-32-16-21)25(31)30(23)20-5-3-4-18(2)14-20/h3-5,10,12,14-15,17,19,21H,6-9,11,13,16H2,1-2H3,(H,26,27,28). The molecule has 1 aromatic carbocycles. The SMILES string of the molecule is Cc1cccc(-n2c(-c3ccnc(NC4CCC(C)CC4)n3)cn(C3CCOC3)c2=O)c1. The minimum Gasteiger partial charge on any atom is -0.379 e. The average Bonchev–Trinajstić information content (AvgIpc) is 3.43. The van der Waals surface area contributed by atoms with E-state index in [-0.39, 0.29) is 11.7 Å². The molecular weight excluding hydrogens is 402 g/mol. The molecule has 0 amide bonds. The van der Waals surface area contributed by atoms with Gasteiger partial charge in [-0.3, -0.25) is 9.13 Å². The Bertz CT molecular complexity index is 1140. The minimum atomic E-state index is -0.0597. The summed E-state index contributed by atoms with van der Waals surface area (Å²) in [5, 5.41) is 3.52. The van der Waals surface area contributed by atoms with Gasteiger partial charge < -0.3 is 10.1 Å². The largest absolute Gasteiger partial charge is 0.379 e. The highest BCUT2D eigenvalue weighted by Crippen LogP contribution is 2.27. The van der Waals surface area contributed by atoms with Gasteiger partial charge in [0.1, 0.15) is 0 Å². The number of benzene rings is 1. The van der Waals surface area contributed by atoms with Crippen LogP contribution >= 0.6 is 0 Å². The average molecular weight is 434 g/mol. The van der Waals surface area contributed by atoms with Crippen LogP contribution in [0.2, 0.25) is 0 Å². The van der Waals surface area contributed by atoms with Crippen molar-refractivity contribution < 1.29 is 4.74 Å². The van der Waals surface area contributed by atoms with Crippen LogP contribution in [0.4, 0.5) is 5.95 Å². The van der Waals surface area contributed by atoms with E-state index in [1.165, 1.54) is 12.8 Å². The van der Waals surface area contributed by atoms with Gasteiger partial charge in [0.05, 0.1) is 29.7 Å². The van der Waals surface area contributed by atoms with E-state index in [1.807, 2.05) is 48.0 Å². The lowest BCUT2D eigenvalue weighted by atomic mass is 9.87. The van der Waals surface area contributed by atoms with Gasteiger partial charge in [0.25, 0.3) is 0 Å². The summed E-state index contributed by atoms with van der Waals surface area (Å²) >= 11 is 0. The fourth-order valence-electron chi connectivity index (χ4n) is 4.82. The van der Waals surface area contributed by atoms with Crippen LogP contribution in [0, 0.1) is 12.8 Å². The zero-order chi connectivity index (χ0) is 22.1. The van der Waals surface area contributed by atoms with Crippen LogP contribution in [-0.2, 0) is 4.74 Å². The third-order valence-corrected chi connectivity index (χ3v) is 6.74. The van der Waals surface area contributed by atoms with Crippen LogP contribution in [0.25, 0.3) is 17.1 Å². The van der Waals surface area contributed by atoms with Crippen molar-refractivity contribution in [1.29, 1.82) is 0 Å². The first-order chi connectivity index (χ1) is 15.6. The molecule has 2 aliphatic rings. The summed E-state index contributed by atoms with van der Waals surface area (Å²) in [6.45, 7) is 5.60. The van der Waals surface area contributed by atoms with Gasteiger partial charge in [-0.2, -0.15) is 0 Å². The molecule has 7 nitrogen and oxygen atoms in total. The predicted octanol–water partition coefficient (Wildman–Crippen LogP) is 4.36. The Morgan fingerprint density at radius 2 is 1.97 bits per heavy atom. The number of imidazole rings is 1. The van der Waals surface area contributed by atoms with Gasteiger partial charge in [-0.05, 0) is 68.7 Å². The highest BCUT2D eigenvalue weighted by atomic mass is 16.5. The van der Waals surface area contributed by atoms with Crippen LogP contribution in [-0.4, -0.2) is 38.4 Å². The maximum absolute atomic E-state index is 13.5. The van der Waals surface area contributed by atoms with Gasteiger partial charge in [-0.25, -0.2) is 14.8 Å². The molecule has 7 heteroatoms. The number of anilines is 1. The van der Waals surface area contributed by atoms with E-state index in [2.05, 4.69) is 17.2 Å². The summed E-state index contributed by atoms with van der Waals surface area (Å²) in [5.41, 5.74) is 3.40. The lowest BCUT2D eigenvalue weighted by Gasteiger charge is -2.26. The Hall–Kier alpha value is -2.93. The fourth-order valence-corrected chi connectivity index (χ4v) is 4.82. The van der Waals surface area contributed by atoms with Crippen molar-refractivity contribution in [3.05, 3.63) is 58.8 Å². The van der Waals surface area contributed by atoms with Crippen molar-refractivity contribution in [3.8, 4) is 17.1 Å². The summed E-state index contributed by atoms with van der Waals surface area (Å²) < 4.78 is 9.12. The lowest BCUT2D eigenvalue weighted by Crippen LogP contribution is -2.27. The van der Waals surface area contributed by atoms with Gasteiger partial charge in [0.15, 0.2) is 0 Å². The van der Waals surface area contributed by atoms with Crippen LogP contribution in [0.15, 0.2) is 47.5 Å². The van der Waals surface area contributed by atoms with Gasteiger partial charge >= 0.3 is 5.69 Å². The Morgan fingerprint density at radius 3 is 2.72 bits per heavy atom. The quantitative estimate of drug-likeness (QED) is 0.647. The zero-order valence-electron chi connectivity index (χ0n) is 18.8. The molecule has 1 unspecified atom stereocenters. The molecule has 1 atom stereocenters. The summed E-state index contributed by atoms with van der Waals surface area (Å²) in [6.07, 6.45) is 9.29. The molecule has 1 N–H and O–H groups in total. The number of ether oxygens (including phenoxy) is 1. The van der Waals surface area contributed by atoms with Gasteiger partial charge in [0.2, 0.25) is 5.95 Å². The van der Waals surface area contributed by atoms with Crippen molar-refractivity contribution in [2.45, 2.75) is 58.0 Å². The molecule has 168 valence electrons. The number of rotatable bonds is 5. The van der Waals surface area contributed by atoms with Crippen LogP contribution < -0.4 is 11.0 Å². The summed E-state index contributed by atoms with van der Waals surface area (Å²) in [6, 6.07) is 10.4. The van der Waals surface area contributed by atoms with Gasteiger partial charge in [0, 0.05) is 25.0 Å². The van der Waals surface area contributed by atoms with Crippen molar-refractivity contribution in [3.63, 3.8) is 0 Å². The van der Waals surface area contributed by atoms with E-state index in [0.717, 1.165) is 47.8 Å². The van der Waals surface area contributed by atoms with Crippen LogP contribution in [0.1, 0.15) is 50.6 Å². The highest BCUT2D eigenvalue weighted by molar-refractivity contribution is 5.59. The predicted molar refractivity (Wildman–Crippen MR) is 125 cm³/mol. The van der Waals surface area contributed by atoms with Crippen LogP contribution in [0.3, 0.4) is 0 Å². The van der Waals surface area contributed by atoms with Crippen molar-refractivity contribution in [1.82, 2.24) is 19.1 Å². The maximum atomic E-state index is 13.5. The lowest BCUT2D eigenvalue weighted by molar-refractivity contribution is 0.186. The van der Waals surface area contributed by atoms with E-state index < -0.39 is 0 Å². The number of nitrogens with zero attached hydrogens (tertiary/aromatic N) is 4. The molecule has 0 bridgehead atoms. The molecule has 5 rings (SSSR count). The second-order valence-electron chi connectivity index (χ2n) is 9.26. The monoisotopic (exact) mass is 433 g/mol. The Kier molecular flexibility index (Phi) is 5.83. The summed E-state index contributed by atoms with van der Waals surface area (Å²) in [7, 11) is 0. The number of aryl methyl sites for hydroxylation is 1. The Morgan fingerprint density at radius 1 is 1.12 bits per heavy atom. The Labute approximate surface area is 188 Å². The number of hydrogen-bond acceptors (Lipinski definition) is 5. The molecule has 1 saturated carbocycles. The molecule has 1 aliphatic carbocycles. The smallest absolute Gasteiger partial charge is 0.333 e. The first kappa shape index (κ1) is 20.9. The van der Waals surface area contributed by atoms with Gasteiger partial charge in [-0.15, -0.1) is 0 Å². The zero-order valence-corrected chi connectivity index (χ0v) is 18.8. The molecule has 3 aromatic rings. The first-order valence-electron chi connectivity index (χ1n) is 11.7.